The number of unbranched alkanes of at least 4 members (excludes halogenated alkanes) is 23. The van der Waals surface area contributed by atoms with Gasteiger partial charge in [0.25, 0.3) is 0 Å². The number of carbonyl (C=O) groups is 3. The third-order valence-corrected chi connectivity index (χ3v) is 12.1. The number of hydrogen-bond acceptors (Lipinski definition) is 6. The Morgan fingerprint density at radius 2 is 0.836 bits per heavy atom. The summed E-state index contributed by atoms with van der Waals surface area (Å²) in [5.41, 5.74) is 0. The minimum atomic E-state index is -0.881. The highest BCUT2D eigenvalue weighted by molar-refractivity contribution is 5.72. The van der Waals surface area contributed by atoms with Gasteiger partial charge in [-0.25, -0.2) is 4.79 Å². The van der Waals surface area contributed by atoms with E-state index in [0.29, 0.717) is 12.8 Å². The van der Waals surface area contributed by atoms with Gasteiger partial charge in [-0.3, -0.25) is 9.59 Å². The first-order valence-electron chi connectivity index (χ1n) is 27.5. The quantitative estimate of drug-likeness (QED) is 0.0281. The maximum atomic E-state index is 12.8. The summed E-state index contributed by atoms with van der Waals surface area (Å²) in [5.74, 6) is -1.50. The lowest BCUT2D eigenvalue weighted by molar-refractivity contribution is -0.887. The van der Waals surface area contributed by atoms with Crippen LogP contribution in [-0.2, 0) is 28.6 Å². The molecule has 0 heterocycles. The van der Waals surface area contributed by atoms with Crippen LogP contribution >= 0.6 is 0 Å². The van der Waals surface area contributed by atoms with Gasteiger partial charge in [-0.15, -0.1) is 0 Å². The third-order valence-electron chi connectivity index (χ3n) is 12.1. The Kier molecular flexibility index (Phi) is 46.8. The molecule has 0 aliphatic heterocycles. The second-order valence-electron chi connectivity index (χ2n) is 19.5. The molecule has 0 aliphatic rings. The van der Waals surface area contributed by atoms with Crippen molar-refractivity contribution in [2.75, 3.05) is 41.0 Å². The zero-order valence-corrected chi connectivity index (χ0v) is 44.1. The van der Waals surface area contributed by atoms with Crippen molar-refractivity contribution in [3.63, 3.8) is 0 Å². The standard InChI is InChI=1S/C59H103NO7/c1-6-8-10-12-14-16-18-20-22-24-26-28-30-32-34-36-38-40-42-44-46-48-50-58(62)67-55(53-65-52-51-56(59(63)64)60(3,4)5)54-66-57(61)49-47-45-43-41-39-37-35-33-31-29-27-25-23-21-19-17-15-13-11-9-7-2/h8,10,14,16,20,22,26,28,32,34,38,40,55-56H,6-7,9,11-13,15,17-19,21,23-25,27,29-31,33,35-37,39,41-54H2,1-5H3/p+1/b10-8+,16-14+,22-20+,28-26+,34-32+,40-38+. The minimum absolute atomic E-state index is 0.0462. The second kappa shape index (κ2) is 49.2. The number of carbonyl (C=O) groups excluding carboxylic acids is 2. The predicted molar refractivity (Wildman–Crippen MR) is 284 cm³/mol. The van der Waals surface area contributed by atoms with Crippen molar-refractivity contribution in [1.82, 2.24) is 0 Å². The molecule has 0 saturated heterocycles. The molecule has 0 bridgehead atoms. The monoisotopic (exact) mass is 939 g/mol. The van der Waals surface area contributed by atoms with Crippen LogP contribution in [0.1, 0.15) is 232 Å². The van der Waals surface area contributed by atoms with Crippen LogP contribution in [0.4, 0.5) is 0 Å². The number of quaternary nitrogens is 1. The normalized spacial score (nSPS) is 13.4. The lowest BCUT2D eigenvalue weighted by atomic mass is 10.0. The number of allylic oxidation sites excluding steroid dienone is 12. The molecule has 0 aromatic rings. The number of likely N-dealkylation sites (N-methyl/N-ethyl adjacent to an activating group) is 1. The van der Waals surface area contributed by atoms with Crippen molar-refractivity contribution in [3.05, 3.63) is 72.9 Å². The van der Waals surface area contributed by atoms with Crippen LogP contribution in [-0.4, -0.2) is 80.6 Å². The van der Waals surface area contributed by atoms with Crippen LogP contribution in [0.15, 0.2) is 72.9 Å². The molecule has 8 heteroatoms. The molecular weight excluding hydrogens is 835 g/mol. The van der Waals surface area contributed by atoms with Gasteiger partial charge in [0, 0.05) is 19.3 Å². The maximum absolute atomic E-state index is 12.8. The smallest absolute Gasteiger partial charge is 0.362 e. The summed E-state index contributed by atoms with van der Waals surface area (Å²) in [7, 11) is 5.53. The van der Waals surface area contributed by atoms with Crippen molar-refractivity contribution in [2.45, 2.75) is 244 Å². The lowest BCUT2D eigenvalue weighted by Crippen LogP contribution is -2.50. The average molecular weight is 939 g/mol. The molecule has 1 N–H and O–H groups in total. The van der Waals surface area contributed by atoms with Gasteiger partial charge in [-0.1, -0.05) is 222 Å². The van der Waals surface area contributed by atoms with Crippen LogP contribution in [0.25, 0.3) is 0 Å². The Labute approximate surface area is 412 Å². The molecule has 386 valence electrons. The molecule has 2 atom stereocenters. The fourth-order valence-electron chi connectivity index (χ4n) is 7.92. The zero-order chi connectivity index (χ0) is 49.2. The number of aliphatic carboxylic acids is 1. The molecular formula is C59H104NO7+. The van der Waals surface area contributed by atoms with Crippen LogP contribution in [0.2, 0.25) is 0 Å². The fraction of sp³-hybridized carbons (Fsp3) is 0.746. The number of nitrogens with zero attached hydrogens (tertiary/aromatic N) is 1. The van der Waals surface area contributed by atoms with E-state index in [4.69, 9.17) is 14.2 Å². The number of hydrogen-bond donors (Lipinski definition) is 1. The van der Waals surface area contributed by atoms with Crippen molar-refractivity contribution < 1.29 is 38.2 Å². The van der Waals surface area contributed by atoms with E-state index in [2.05, 4.69) is 86.8 Å². The van der Waals surface area contributed by atoms with E-state index in [1.54, 1.807) is 0 Å². The molecule has 0 saturated carbocycles. The number of rotatable bonds is 49. The average Bonchev–Trinajstić information content (AvgIpc) is 3.29. The Bertz CT molecular complexity index is 1320. The molecule has 67 heavy (non-hydrogen) atoms. The Morgan fingerprint density at radius 3 is 1.24 bits per heavy atom. The van der Waals surface area contributed by atoms with Crippen molar-refractivity contribution >= 4 is 17.9 Å². The first-order chi connectivity index (χ1) is 32.6. The fourth-order valence-corrected chi connectivity index (χ4v) is 7.92. The van der Waals surface area contributed by atoms with Crippen LogP contribution in [0, 0.1) is 0 Å². The van der Waals surface area contributed by atoms with Gasteiger partial charge in [-0.05, 0) is 64.2 Å². The largest absolute Gasteiger partial charge is 0.477 e. The summed E-state index contributed by atoms with van der Waals surface area (Å²) in [4.78, 5) is 37.2. The zero-order valence-electron chi connectivity index (χ0n) is 44.1. The van der Waals surface area contributed by atoms with Gasteiger partial charge < -0.3 is 23.8 Å². The summed E-state index contributed by atoms with van der Waals surface area (Å²) in [6.45, 7) is 4.61. The highest BCUT2D eigenvalue weighted by Crippen LogP contribution is 2.16. The van der Waals surface area contributed by atoms with E-state index in [-0.39, 0.29) is 42.7 Å². The molecule has 0 aliphatic carbocycles. The van der Waals surface area contributed by atoms with Gasteiger partial charge in [0.15, 0.2) is 12.1 Å². The van der Waals surface area contributed by atoms with Gasteiger partial charge in [-0.2, -0.15) is 0 Å². The number of carboxylic acid groups (broad SMARTS) is 1. The van der Waals surface area contributed by atoms with Crippen molar-refractivity contribution in [2.24, 2.45) is 0 Å². The minimum Gasteiger partial charge on any atom is -0.477 e. The highest BCUT2D eigenvalue weighted by atomic mass is 16.6. The summed E-state index contributed by atoms with van der Waals surface area (Å²) >= 11 is 0. The molecule has 0 spiro atoms. The first-order valence-corrected chi connectivity index (χ1v) is 27.5. The summed E-state index contributed by atoms with van der Waals surface area (Å²) in [6, 6.07) is -0.624. The Hall–Kier alpha value is -3.23. The maximum Gasteiger partial charge on any atom is 0.362 e. The second-order valence-corrected chi connectivity index (χ2v) is 19.5. The molecule has 0 radical (unpaired) electrons. The van der Waals surface area contributed by atoms with Crippen LogP contribution in [0.5, 0.6) is 0 Å². The van der Waals surface area contributed by atoms with Gasteiger partial charge in [0.2, 0.25) is 0 Å². The molecule has 0 aromatic carbocycles. The Morgan fingerprint density at radius 1 is 0.463 bits per heavy atom. The van der Waals surface area contributed by atoms with Gasteiger partial charge in [0.1, 0.15) is 6.61 Å². The van der Waals surface area contributed by atoms with E-state index >= 15 is 0 Å². The SMILES string of the molecule is CC/C=C/C/C=C/C/C=C/C/C=C/C/C=C/C/C=C/CCCCCC(=O)OC(COCCC(C(=O)O)[N+](C)(C)C)COC(=O)CCCCCCCCCCCCCCCCCCCCCCC. The molecule has 2 unspecified atom stereocenters. The van der Waals surface area contributed by atoms with Crippen LogP contribution < -0.4 is 0 Å². The van der Waals surface area contributed by atoms with Gasteiger partial charge >= 0.3 is 17.9 Å². The first kappa shape index (κ1) is 63.8. The third kappa shape index (κ3) is 47.6. The molecule has 0 rings (SSSR count). The lowest BCUT2D eigenvalue weighted by Gasteiger charge is -2.31. The van der Waals surface area contributed by atoms with Gasteiger partial charge in [0.05, 0.1) is 34.4 Å². The summed E-state index contributed by atoms with van der Waals surface area (Å²) in [5, 5.41) is 9.67. The number of esters is 2. The molecule has 8 nitrogen and oxygen atoms in total. The number of carboxylic acids is 1. The van der Waals surface area contributed by atoms with E-state index in [1.807, 2.05) is 21.1 Å². The summed E-state index contributed by atoms with van der Waals surface area (Å²) < 4.78 is 17.4. The van der Waals surface area contributed by atoms with E-state index < -0.39 is 18.1 Å². The van der Waals surface area contributed by atoms with E-state index in [1.165, 1.54) is 116 Å². The van der Waals surface area contributed by atoms with E-state index in [9.17, 15) is 19.5 Å². The topological polar surface area (TPSA) is 99.1 Å². The van der Waals surface area contributed by atoms with Crippen LogP contribution in [0.3, 0.4) is 0 Å². The molecule has 0 aromatic heterocycles. The molecule has 0 fully saturated rings. The summed E-state index contributed by atoms with van der Waals surface area (Å²) in [6.07, 6.45) is 63.9. The van der Waals surface area contributed by atoms with E-state index in [0.717, 1.165) is 83.5 Å². The predicted octanol–water partition coefficient (Wildman–Crippen LogP) is 16.3. The molecule has 0 amide bonds. The number of ether oxygens (including phenoxy) is 3. The highest BCUT2D eigenvalue weighted by Gasteiger charge is 2.31. The van der Waals surface area contributed by atoms with Crippen molar-refractivity contribution in [3.8, 4) is 0 Å². The van der Waals surface area contributed by atoms with Crippen molar-refractivity contribution in [1.29, 1.82) is 0 Å². The Balaban J connectivity index is 4.27.